The summed E-state index contributed by atoms with van der Waals surface area (Å²) in [7, 11) is 0. The molecule has 0 bridgehead atoms. The minimum Gasteiger partial charge on any atom is -0.382 e. The van der Waals surface area contributed by atoms with Crippen LogP contribution in [0.15, 0.2) is 0 Å². The van der Waals surface area contributed by atoms with Gasteiger partial charge in [-0.2, -0.15) is 16.9 Å². The molecule has 0 aliphatic carbocycles. The van der Waals surface area contributed by atoms with Gasteiger partial charge in [-0.1, -0.05) is 0 Å². The van der Waals surface area contributed by atoms with Crippen molar-refractivity contribution >= 4 is 17.6 Å². The molecule has 82 valence electrons. The third-order valence-electron chi connectivity index (χ3n) is 3.28. The summed E-state index contributed by atoms with van der Waals surface area (Å²) in [5.41, 5.74) is 8.48. The van der Waals surface area contributed by atoms with E-state index < -0.39 is 0 Å². The van der Waals surface area contributed by atoms with Gasteiger partial charge in [0.25, 0.3) is 0 Å². The minimum absolute atomic E-state index is 0.581. The van der Waals surface area contributed by atoms with Crippen LogP contribution in [-0.4, -0.2) is 21.3 Å². The first-order valence-corrected chi connectivity index (χ1v) is 6.66. The molecule has 0 amide bonds. The largest absolute Gasteiger partial charge is 0.382 e. The molecule has 0 aromatic carbocycles. The molecule has 2 aliphatic rings. The lowest BCUT2D eigenvalue weighted by atomic mass is 10.1. The van der Waals surface area contributed by atoms with Crippen LogP contribution >= 0.6 is 11.8 Å². The highest BCUT2D eigenvalue weighted by Gasteiger charge is 2.25. The van der Waals surface area contributed by atoms with Gasteiger partial charge in [-0.15, -0.1) is 0 Å². The maximum absolute atomic E-state index is 5.92. The highest BCUT2D eigenvalue weighted by molar-refractivity contribution is 7.99. The Kier molecular flexibility index (Phi) is 2.36. The first-order valence-electron chi connectivity index (χ1n) is 5.50. The van der Waals surface area contributed by atoms with E-state index >= 15 is 0 Å². The average Bonchev–Trinajstić information content (AvgIpc) is 2.84. The van der Waals surface area contributed by atoms with Gasteiger partial charge in [-0.3, -0.25) is 4.68 Å². The molecule has 0 atom stereocenters. The van der Waals surface area contributed by atoms with Crippen LogP contribution in [0.5, 0.6) is 0 Å². The molecular formula is C10H16N4S. The van der Waals surface area contributed by atoms with E-state index in [-0.39, 0.29) is 0 Å². The van der Waals surface area contributed by atoms with E-state index in [1.165, 1.54) is 35.6 Å². The van der Waals surface area contributed by atoms with Crippen molar-refractivity contribution in [1.29, 1.82) is 0 Å². The van der Waals surface area contributed by atoms with Crippen LogP contribution in [0, 0.1) is 0 Å². The minimum atomic E-state index is 0.581. The van der Waals surface area contributed by atoms with Gasteiger partial charge in [-0.25, -0.2) is 0 Å². The SMILES string of the molecule is Nc1nn(C2CCSCC2)c2c1CNC2. The molecule has 1 saturated heterocycles. The Morgan fingerprint density at radius 3 is 2.93 bits per heavy atom. The lowest BCUT2D eigenvalue weighted by Crippen LogP contribution is -2.19. The quantitative estimate of drug-likeness (QED) is 0.751. The third kappa shape index (κ3) is 1.54. The Morgan fingerprint density at radius 1 is 1.33 bits per heavy atom. The van der Waals surface area contributed by atoms with E-state index in [4.69, 9.17) is 5.73 Å². The van der Waals surface area contributed by atoms with Crippen LogP contribution in [0.1, 0.15) is 30.1 Å². The number of hydrogen-bond acceptors (Lipinski definition) is 4. The van der Waals surface area contributed by atoms with Gasteiger partial charge in [0.1, 0.15) is 5.82 Å². The zero-order valence-corrected chi connectivity index (χ0v) is 9.52. The van der Waals surface area contributed by atoms with Gasteiger partial charge in [-0.05, 0) is 24.3 Å². The summed E-state index contributed by atoms with van der Waals surface area (Å²) < 4.78 is 2.18. The Labute approximate surface area is 93.6 Å². The maximum Gasteiger partial charge on any atom is 0.150 e. The molecule has 0 saturated carbocycles. The Hall–Kier alpha value is -0.680. The second kappa shape index (κ2) is 3.72. The number of fused-ring (bicyclic) bond motifs is 1. The number of nitrogens with zero attached hydrogens (tertiary/aromatic N) is 2. The fraction of sp³-hybridized carbons (Fsp3) is 0.700. The fourth-order valence-corrected chi connectivity index (χ4v) is 3.52. The lowest BCUT2D eigenvalue weighted by molar-refractivity contribution is 0.413. The Bertz CT molecular complexity index is 368. The molecule has 15 heavy (non-hydrogen) atoms. The van der Waals surface area contributed by atoms with Gasteiger partial charge < -0.3 is 11.1 Å². The average molecular weight is 224 g/mol. The molecule has 1 aromatic rings. The summed E-state index contributed by atoms with van der Waals surface area (Å²) in [4.78, 5) is 0. The molecule has 0 unspecified atom stereocenters. The maximum atomic E-state index is 5.92. The van der Waals surface area contributed by atoms with Gasteiger partial charge in [0, 0.05) is 18.7 Å². The number of hydrogen-bond donors (Lipinski definition) is 2. The van der Waals surface area contributed by atoms with Gasteiger partial charge >= 0.3 is 0 Å². The van der Waals surface area contributed by atoms with E-state index in [1.54, 1.807) is 0 Å². The summed E-state index contributed by atoms with van der Waals surface area (Å²) in [6.07, 6.45) is 2.47. The number of aromatic nitrogens is 2. The van der Waals surface area contributed by atoms with Gasteiger partial charge in [0.2, 0.25) is 0 Å². The number of rotatable bonds is 1. The van der Waals surface area contributed by atoms with Gasteiger partial charge in [0.15, 0.2) is 0 Å². The molecule has 1 aromatic heterocycles. The van der Waals surface area contributed by atoms with E-state index in [9.17, 15) is 0 Å². The summed E-state index contributed by atoms with van der Waals surface area (Å²) in [5.74, 6) is 3.24. The standard InChI is InChI=1S/C10H16N4S/c11-10-8-5-12-6-9(8)14(13-10)7-1-3-15-4-2-7/h7,12H,1-6H2,(H2,11,13). The van der Waals surface area contributed by atoms with Crippen molar-refractivity contribution in [2.24, 2.45) is 0 Å². The van der Waals surface area contributed by atoms with Crippen molar-refractivity contribution in [2.75, 3.05) is 17.2 Å². The van der Waals surface area contributed by atoms with Crippen molar-refractivity contribution in [3.63, 3.8) is 0 Å². The third-order valence-corrected chi connectivity index (χ3v) is 4.33. The van der Waals surface area contributed by atoms with Gasteiger partial charge in [0.05, 0.1) is 11.7 Å². The molecule has 3 N–H and O–H groups in total. The molecule has 3 heterocycles. The molecule has 1 fully saturated rings. The summed E-state index contributed by atoms with van der Waals surface area (Å²) >= 11 is 2.05. The second-order valence-corrected chi connectivity index (χ2v) is 5.43. The smallest absolute Gasteiger partial charge is 0.150 e. The number of anilines is 1. The fourth-order valence-electron chi connectivity index (χ4n) is 2.44. The van der Waals surface area contributed by atoms with Crippen LogP contribution in [0.25, 0.3) is 0 Å². The molecule has 2 aliphatic heterocycles. The zero-order chi connectivity index (χ0) is 10.3. The predicted molar refractivity (Wildman–Crippen MR) is 62.8 cm³/mol. The monoisotopic (exact) mass is 224 g/mol. The summed E-state index contributed by atoms with van der Waals surface area (Å²) in [5, 5.41) is 7.84. The van der Waals surface area contributed by atoms with E-state index in [0.717, 1.165) is 18.9 Å². The molecule has 5 heteroatoms. The van der Waals surface area contributed by atoms with Crippen LogP contribution in [0.3, 0.4) is 0 Å². The normalized spacial score (nSPS) is 21.9. The van der Waals surface area contributed by atoms with Crippen molar-refractivity contribution < 1.29 is 0 Å². The molecule has 4 nitrogen and oxygen atoms in total. The predicted octanol–water partition coefficient (Wildman–Crippen LogP) is 1.14. The van der Waals surface area contributed by atoms with Crippen molar-refractivity contribution in [3.8, 4) is 0 Å². The van der Waals surface area contributed by atoms with Crippen LogP contribution in [0.4, 0.5) is 5.82 Å². The Morgan fingerprint density at radius 2 is 2.13 bits per heavy atom. The number of nitrogens with one attached hydrogen (secondary N) is 1. The van der Waals surface area contributed by atoms with Crippen LogP contribution in [0.2, 0.25) is 0 Å². The van der Waals surface area contributed by atoms with Crippen molar-refractivity contribution in [2.45, 2.75) is 32.0 Å². The number of nitrogen functional groups attached to an aromatic ring is 1. The van der Waals surface area contributed by atoms with Crippen LogP contribution < -0.4 is 11.1 Å². The second-order valence-electron chi connectivity index (χ2n) is 4.20. The van der Waals surface area contributed by atoms with Crippen molar-refractivity contribution in [1.82, 2.24) is 15.1 Å². The summed E-state index contributed by atoms with van der Waals surface area (Å²) in [6, 6.07) is 0.581. The topological polar surface area (TPSA) is 55.9 Å². The van der Waals surface area contributed by atoms with Crippen LogP contribution in [-0.2, 0) is 13.1 Å². The lowest BCUT2D eigenvalue weighted by Gasteiger charge is -2.23. The molecule has 0 spiro atoms. The number of thioether (sulfide) groups is 1. The first-order chi connectivity index (χ1) is 7.36. The zero-order valence-electron chi connectivity index (χ0n) is 8.70. The molecular weight excluding hydrogens is 208 g/mol. The van der Waals surface area contributed by atoms with E-state index in [2.05, 4.69) is 15.1 Å². The van der Waals surface area contributed by atoms with Crippen molar-refractivity contribution in [3.05, 3.63) is 11.3 Å². The van der Waals surface area contributed by atoms with E-state index in [1.807, 2.05) is 11.8 Å². The number of nitrogens with two attached hydrogens (primary N) is 1. The highest BCUT2D eigenvalue weighted by Crippen LogP contribution is 2.31. The highest BCUT2D eigenvalue weighted by atomic mass is 32.2. The first kappa shape index (κ1) is 9.54. The Balaban J connectivity index is 1.93. The molecule has 0 radical (unpaired) electrons. The summed E-state index contributed by atoms with van der Waals surface area (Å²) in [6.45, 7) is 1.83. The van der Waals surface area contributed by atoms with E-state index in [0.29, 0.717) is 6.04 Å². The molecule has 3 rings (SSSR count).